The fourth-order valence-electron chi connectivity index (χ4n) is 1.82. The van der Waals surface area contributed by atoms with E-state index in [9.17, 15) is 4.39 Å². The van der Waals surface area contributed by atoms with E-state index in [4.69, 9.17) is 10.5 Å². The van der Waals surface area contributed by atoms with Gasteiger partial charge >= 0.3 is 0 Å². The standard InChI is InChI=1S/C15H16FN3O/c1-11-8-14(19(2)18-11)10-20-15-6-5-13(16)9-12(15)4-3-7-17/h5-6,8-9H,7,10,17H2,1-2H3. The number of halogens is 1. The molecule has 4 nitrogen and oxygen atoms in total. The quantitative estimate of drug-likeness (QED) is 0.867. The van der Waals surface area contributed by atoms with Gasteiger partial charge in [0.25, 0.3) is 0 Å². The van der Waals surface area contributed by atoms with Crippen LogP contribution in [0.1, 0.15) is 17.0 Å². The Morgan fingerprint density at radius 2 is 2.20 bits per heavy atom. The summed E-state index contributed by atoms with van der Waals surface area (Å²) in [7, 11) is 1.85. The van der Waals surface area contributed by atoms with Gasteiger partial charge in [0, 0.05) is 7.05 Å². The SMILES string of the molecule is Cc1cc(COc2ccc(F)cc2C#CCN)n(C)n1. The predicted molar refractivity (Wildman–Crippen MR) is 74.6 cm³/mol. The van der Waals surface area contributed by atoms with E-state index in [0.29, 0.717) is 17.9 Å². The second-order valence-corrected chi connectivity index (χ2v) is 4.34. The molecule has 0 saturated carbocycles. The van der Waals surface area contributed by atoms with Crippen LogP contribution in [-0.4, -0.2) is 16.3 Å². The lowest BCUT2D eigenvalue weighted by molar-refractivity contribution is 0.293. The van der Waals surface area contributed by atoms with Crippen LogP contribution < -0.4 is 10.5 Å². The normalized spacial score (nSPS) is 10.0. The highest BCUT2D eigenvalue weighted by atomic mass is 19.1. The first-order valence-electron chi connectivity index (χ1n) is 6.21. The Kier molecular flexibility index (Phi) is 4.38. The van der Waals surface area contributed by atoms with E-state index in [2.05, 4.69) is 16.9 Å². The Bertz CT molecular complexity index is 667. The number of aryl methyl sites for hydroxylation is 2. The van der Waals surface area contributed by atoms with Crippen LogP contribution in [0.25, 0.3) is 0 Å². The monoisotopic (exact) mass is 273 g/mol. The maximum absolute atomic E-state index is 13.2. The lowest BCUT2D eigenvalue weighted by atomic mass is 10.2. The van der Waals surface area contributed by atoms with Crippen molar-refractivity contribution in [2.24, 2.45) is 12.8 Å². The molecule has 0 amide bonds. The molecule has 2 aromatic rings. The molecule has 1 heterocycles. The van der Waals surface area contributed by atoms with Gasteiger partial charge in [0.15, 0.2) is 0 Å². The fourth-order valence-corrected chi connectivity index (χ4v) is 1.82. The Labute approximate surface area is 117 Å². The van der Waals surface area contributed by atoms with Gasteiger partial charge < -0.3 is 10.5 Å². The van der Waals surface area contributed by atoms with Gasteiger partial charge in [-0.25, -0.2) is 4.39 Å². The summed E-state index contributed by atoms with van der Waals surface area (Å²) in [5, 5.41) is 4.24. The second kappa shape index (κ2) is 6.22. The second-order valence-electron chi connectivity index (χ2n) is 4.34. The van der Waals surface area contributed by atoms with Crippen molar-refractivity contribution >= 4 is 0 Å². The van der Waals surface area contributed by atoms with Crippen LogP contribution in [0.2, 0.25) is 0 Å². The lowest BCUT2D eigenvalue weighted by Gasteiger charge is -2.08. The van der Waals surface area contributed by atoms with Crippen molar-refractivity contribution < 1.29 is 9.13 Å². The largest absolute Gasteiger partial charge is 0.486 e. The van der Waals surface area contributed by atoms with Crippen molar-refractivity contribution in [3.8, 4) is 17.6 Å². The molecule has 20 heavy (non-hydrogen) atoms. The molecule has 0 aliphatic heterocycles. The molecule has 0 fully saturated rings. The maximum Gasteiger partial charge on any atom is 0.135 e. The summed E-state index contributed by atoms with van der Waals surface area (Å²) in [5.41, 5.74) is 7.69. The zero-order valence-corrected chi connectivity index (χ0v) is 11.5. The summed E-state index contributed by atoms with van der Waals surface area (Å²) in [4.78, 5) is 0. The minimum absolute atomic E-state index is 0.219. The van der Waals surface area contributed by atoms with Crippen LogP contribution in [0.3, 0.4) is 0 Å². The molecule has 0 spiro atoms. The Balaban J connectivity index is 2.18. The molecule has 0 radical (unpaired) electrons. The van der Waals surface area contributed by atoms with Crippen molar-refractivity contribution in [1.82, 2.24) is 9.78 Å². The molecule has 5 heteroatoms. The summed E-state index contributed by atoms with van der Waals surface area (Å²) < 4.78 is 20.7. The van der Waals surface area contributed by atoms with E-state index in [1.54, 1.807) is 10.7 Å². The minimum Gasteiger partial charge on any atom is -0.486 e. The van der Waals surface area contributed by atoms with Gasteiger partial charge in [-0.3, -0.25) is 4.68 Å². The molecule has 0 atom stereocenters. The Hall–Kier alpha value is -2.32. The third kappa shape index (κ3) is 3.37. The highest BCUT2D eigenvalue weighted by molar-refractivity contribution is 5.46. The molecule has 104 valence electrons. The molecule has 0 saturated heterocycles. The number of nitrogens with two attached hydrogens (primary N) is 1. The van der Waals surface area contributed by atoms with Gasteiger partial charge in [-0.2, -0.15) is 5.10 Å². The van der Waals surface area contributed by atoms with Gasteiger partial charge in [0.2, 0.25) is 0 Å². The third-order valence-electron chi connectivity index (χ3n) is 2.74. The topological polar surface area (TPSA) is 53.1 Å². The first-order valence-corrected chi connectivity index (χ1v) is 6.21. The summed E-state index contributed by atoms with van der Waals surface area (Å²) >= 11 is 0. The lowest BCUT2D eigenvalue weighted by Crippen LogP contribution is -2.04. The van der Waals surface area contributed by atoms with Crippen molar-refractivity contribution in [1.29, 1.82) is 0 Å². The molecular formula is C15H16FN3O. The Morgan fingerprint density at radius 3 is 2.85 bits per heavy atom. The van der Waals surface area contributed by atoms with E-state index in [-0.39, 0.29) is 12.4 Å². The first-order chi connectivity index (χ1) is 9.60. The highest BCUT2D eigenvalue weighted by Gasteiger charge is 2.06. The van der Waals surface area contributed by atoms with Crippen LogP contribution in [0.15, 0.2) is 24.3 Å². The number of hydrogen-bond donors (Lipinski definition) is 1. The Morgan fingerprint density at radius 1 is 1.40 bits per heavy atom. The molecule has 2 N–H and O–H groups in total. The number of rotatable bonds is 3. The average Bonchev–Trinajstić information content (AvgIpc) is 2.73. The fraction of sp³-hybridized carbons (Fsp3) is 0.267. The van der Waals surface area contributed by atoms with E-state index in [1.165, 1.54) is 12.1 Å². The molecule has 1 aromatic heterocycles. The van der Waals surface area contributed by atoms with E-state index in [0.717, 1.165) is 11.4 Å². The average molecular weight is 273 g/mol. The molecule has 0 aliphatic rings. The van der Waals surface area contributed by atoms with Gasteiger partial charge in [0.1, 0.15) is 18.2 Å². The summed E-state index contributed by atoms with van der Waals surface area (Å²) in [6.45, 7) is 2.48. The van der Waals surface area contributed by atoms with Gasteiger partial charge in [-0.05, 0) is 31.2 Å². The smallest absolute Gasteiger partial charge is 0.135 e. The summed E-state index contributed by atoms with van der Waals surface area (Å²) in [6, 6.07) is 6.19. The summed E-state index contributed by atoms with van der Waals surface area (Å²) in [6.07, 6.45) is 0. The van der Waals surface area contributed by atoms with Gasteiger partial charge in [-0.15, -0.1) is 0 Å². The zero-order valence-electron chi connectivity index (χ0n) is 11.5. The molecule has 1 aromatic carbocycles. The van der Waals surface area contributed by atoms with Crippen LogP contribution in [-0.2, 0) is 13.7 Å². The number of hydrogen-bond acceptors (Lipinski definition) is 3. The van der Waals surface area contributed by atoms with Crippen molar-refractivity contribution in [3.05, 3.63) is 47.0 Å². The molecular weight excluding hydrogens is 257 g/mol. The number of benzene rings is 1. The van der Waals surface area contributed by atoms with Crippen molar-refractivity contribution in [2.45, 2.75) is 13.5 Å². The van der Waals surface area contributed by atoms with Crippen LogP contribution in [0, 0.1) is 24.6 Å². The molecule has 0 bridgehead atoms. The predicted octanol–water partition coefficient (Wildman–Crippen LogP) is 1.76. The third-order valence-corrected chi connectivity index (χ3v) is 2.74. The van der Waals surface area contributed by atoms with E-state index >= 15 is 0 Å². The molecule has 0 unspecified atom stereocenters. The number of aromatic nitrogens is 2. The van der Waals surface area contributed by atoms with Gasteiger partial charge in [0.05, 0.1) is 23.5 Å². The van der Waals surface area contributed by atoms with Crippen LogP contribution in [0.5, 0.6) is 5.75 Å². The summed E-state index contributed by atoms with van der Waals surface area (Å²) in [5.74, 6) is 5.69. The van der Waals surface area contributed by atoms with Crippen LogP contribution >= 0.6 is 0 Å². The number of nitrogens with zero attached hydrogens (tertiary/aromatic N) is 2. The van der Waals surface area contributed by atoms with Crippen molar-refractivity contribution in [2.75, 3.05) is 6.54 Å². The maximum atomic E-state index is 13.2. The highest BCUT2D eigenvalue weighted by Crippen LogP contribution is 2.20. The first kappa shape index (κ1) is 14.1. The van der Waals surface area contributed by atoms with Crippen molar-refractivity contribution in [3.63, 3.8) is 0 Å². The molecule has 2 rings (SSSR count). The van der Waals surface area contributed by atoms with E-state index in [1.807, 2.05) is 20.0 Å². The number of ether oxygens (including phenoxy) is 1. The van der Waals surface area contributed by atoms with E-state index < -0.39 is 0 Å². The minimum atomic E-state index is -0.352. The van der Waals surface area contributed by atoms with Crippen LogP contribution in [0.4, 0.5) is 4.39 Å². The molecule has 0 aliphatic carbocycles. The zero-order chi connectivity index (χ0) is 14.5. The van der Waals surface area contributed by atoms with Gasteiger partial charge in [-0.1, -0.05) is 11.8 Å².